The summed E-state index contributed by atoms with van der Waals surface area (Å²) in [6.45, 7) is 4.37. The van der Waals surface area contributed by atoms with Gasteiger partial charge in [-0.05, 0) is 73.3 Å². The van der Waals surface area contributed by atoms with Gasteiger partial charge in [0, 0.05) is 41.3 Å². The number of benzene rings is 2. The number of fused-ring (bicyclic) bond motifs is 3. The van der Waals surface area contributed by atoms with Gasteiger partial charge in [-0.15, -0.1) is 0 Å². The molecule has 6 rings (SSSR count). The Morgan fingerprint density at radius 2 is 1.77 bits per heavy atom. The highest BCUT2D eigenvalue weighted by molar-refractivity contribution is 7.91. The molecule has 0 radical (unpaired) electrons. The maximum absolute atomic E-state index is 13.4. The number of rotatable bonds is 5. The average molecular weight is 575 g/mol. The van der Waals surface area contributed by atoms with Crippen LogP contribution >= 0.6 is 11.6 Å². The van der Waals surface area contributed by atoms with E-state index in [1.54, 1.807) is 23.9 Å². The second-order valence-corrected chi connectivity index (χ2v) is 13.6. The highest BCUT2D eigenvalue weighted by Gasteiger charge is 2.26. The molecule has 7 nitrogen and oxygen atoms in total. The first-order chi connectivity index (χ1) is 19.1. The Morgan fingerprint density at radius 3 is 2.45 bits per heavy atom. The zero-order valence-electron chi connectivity index (χ0n) is 22.7. The van der Waals surface area contributed by atoms with Crippen molar-refractivity contribution in [2.75, 3.05) is 19.3 Å². The van der Waals surface area contributed by atoms with Crippen LogP contribution in [0.15, 0.2) is 65.6 Å². The molecule has 1 N–H and O–H groups in total. The third kappa shape index (κ3) is 4.85. The van der Waals surface area contributed by atoms with E-state index in [1.807, 2.05) is 25.1 Å². The van der Waals surface area contributed by atoms with E-state index >= 15 is 0 Å². The van der Waals surface area contributed by atoms with E-state index in [4.69, 9.17) is 11.6 Å². The number of likely N-dealkylation sites (tertiary alicyclic amines) is 1. The molecule has 5 aromatic rings. The van der Waals surface area contributed by atoms with Crippen LogP contribution in [-0.2, 0) is 23.4 Å². The van der Waals surface area contributed by atoms with E-state index in [2.05, 4.69) is 45.2 Å². The number of nitrogens with one attached hydrogen (secondary N) is 1. The Labute approximate surface area is 238 Å². The minimum atomic E-state index is -2.97. The fourth-order valence-electron chi connectivity index (χ4n) is 5.96. The van der Waals surface area contributed by atoms with Crippen LogP contribution in [-0.4, -0.2) is 52.4 Å². The van der Waals surface area contributed by atoms with Gasteiger partial charge in [0.25, 0.3) is 5.56 Å². The quantitative estimate of drug-likeness (QED) is 0.290. The number of halogens is 1. The summed E-state index contributed by atoms with van der Waals surface area (Å²) in [6.07, 6.45) is 4.48. The van der Waals surface area contributed by atoms with E-state index in [1.165, 1.54) is 11.8 Å². The Hall–Kier alpha value is -3.46. The SMILES string of the molecule is Cc1c(-c2cccc(Cl)c2)c(=O)n(C)c2cnc3[nH]c(-c4ccc(CN5CCC(S(C)(=O)=O)CC5)cc4)cc3c12. The number of H-pyrrole nitrogens is 1. The molecule has 1 saturated heterocycles. The predicted molar refractivity (Wildman–Crippen MR) is 163 cm³/mol. The number of aromatic amines is 1. The first kappa shape index (κ1) is 26.7. The van der Waals surface area contributed by atoms with Crippen molar-refractivity contribution in [1.82, 2.24) is 19.4 Å². The molecule has 0 aliphatic carbocycles. The van der Waals surface area contributed by atoms with Gasteiger partial charge in [-0.2, -0.15) is 0 Å². The lowest BCUT2D eigenvalue weighted by Crippen LogP contribution is -2.38. The first-order valence-corrected chi connectivity index (χ1v) is 15.7. The van der Waals surface area contributed by atoms with E-state index < -0.39 is 9.84 Å². The smallest absolute Gasteiger partial charge is 0.258 e. The molecule has 0 spiro atoms. The van der Waals surface area contributed by atoms with Gasteiger partial charge in [-0.3, -0.25) is 9.69 Å². The van der Waals surface area contributed by atoms with Crippen molar-refractivity contribution in [3.05, 3.63) is 87.3 Å². The van der Waals surface area contributed by atoms with Crippen LogP contribution in [0.5, 0.6) is 0 Å². The lowest BCUT2D eigenvalue weighted by molar-refractivity contribution is 0.222. The van der Waals surface area contributed by atoms with E-state index in [0.29, 0.717) is 23.4 Å². The Morgan fingerprint density at radius 1 is 1.05 bits per heavy atom. The molecular formula is C31H31ClN4O3S. The molecule has 9 heteroatoms. The molecule has 0 unspecified atom stereocenters. The highest BCUT2D eigenvalue weighted by atomic mass is 35.5. The maximum Gasteiger partial charge on any atom is 0.258 e. The molecule has 4 heterocycles. The van der Waals surface area contributed by atoms with Gasteiger partial charge in [-0.25, -0.2) is 13.4 Å². The maximum atomic E-state index is 13.4. The van der Waals surface area contributed by atoms with Crippen LogP contribution in [0.3, 0.4) is 0 Å². The third-order valence-electron chi connectivity index (χ3n) is 8.19. The van der Waals surface area contributed by atoms with Gasteiger partial charge in [0.2, 0.25) is 0 Å². The van der Waals surface area contributed by atoms with Crippen molar-refractivity contribution in [1.29, 1.82) is 0 Å². The summed E-state index contributed by atoms with van der Waals surface area (Å²) in [6, 6.07) is 18.0. The second kappa shape index (κ2) is 10.2. The number of sulfone groups is 1. The molecule has 2 aromatic carbocycles. The Bertz CT molecular complexity index is 1920. The monoisotopic (exact) mass is 574 g/mol. The zero-order chi connectivity index (χ0) is 28.2. The number of hydrogen-bond acceptors (Lipinski definition) is 5. The zero-order valence-corrected chi connectivity index (χ0v) is 24.3. The van der Waals surface area contributed by atoms with Crippen molar-refractivity contribution in [3.8, 4) is 22.4 Å². The van der Waals surface area contributed by atoms with Crippen LogP contribution in [0.25, 0.3) is 44.3 Å². The topological polar surface area (TPSA) is 88.1 Å². The molecule has 40 heavy (non-hydrogen) atoms. The molecule has 1 aliphatic heterocycles. The predicted octanol–water partition coefficient (Wildman–Crippen LogP) is 5.72. The molecule has 0 atom stereocenters. The summed E-state index contributed by atoms with van der Waals surface area (Å²) < 4.78 is 25.4. The summed E-state index contributed by atoms with van der Waals surface area (Å²) in [4.78, 5) is 23.8. The Balaban J connectivity index is 1.33. The van der Waals surface area contributed by atoms with Gasteiger partial charge in [0.05, 0.1) is 22.5 Å². The van der Waals surface area contributed by atoms with Crippen LogP contribution in [0.1, 0.15) is 24.0 Å². The van der Waals surface area contributed by atoms with Crippen LogP contribution < -0.4 is 5.56 Å². The van der Waals surface area contributed by atoms with E-state index in [-0.39, 0.29) is 10.8 Å². The fourth-order valence-corrected chi connectivity index (χ4v) is 7.22. The van der Waals surface area contributed by atoms with Crippen molar-refractivity contribution < 1.29 is 8.42 Å². The van der Waals surface area contributed by atoms with Crippen molar-refractivity contribution >= 4 is 43.4 Å². The van der Waals surface area contributed by atoms with Gasteiger partial charge in [-0.1, -0.05) is 48.0 Å². The molecular weight excluding hydrogens is 544 g/mol. The summed E-state index contributed by atoms with van der Waals surface area (Å²) in [5, 5.41) is 2.32. The van der Waals surface area contributed by atoms with E-state index in [0.717, 1.165) is 64.0 Å². The number of piperidine rings is 1. The fraction of sp³-hybridized carbons (Fsp3) is 0.290. The van der Waals surface area contributed by atoms with Crippen molar-refractivity contribution in [3.63, 3.8) is 0 Å². The molecule has 0 bridgehead atoms. The number of aromatic nitrogens is 3. The summed E-state index contributed by atoms with van der Waals surface area (Å²) >= 11 is 6.26. The van der Waals surface area contributed by atoms with Crippen LogP contribution in [0.4, 0.5) is 0 Å². The second-order valence-electron chi connectivity index (χ2n) is 10.8. The molecule has 206 valence electrons. The lowest BCUT2D eigenvalue weighted by Gasteiger charge is -2.31. The largest absolute Gasteiger partial charge is 0.339 e. The molecule has 1 fully saturated rings. The summed E-state index contributed by atoms with van der Waals surface area (Å²) in [7, 11) is -1.19. The first-order valence-electron chi connectivity index (χ1n) is 13.4. The number of aryl methyl sites for hydroxylation is 2. The van der Waals surface area contributed by atoms with E-state index in [9.17, 15) is 13.2 Å². The standard InChI is InChI=1S/C31H31ClN4O3S/c1-19-28(22-5-4-6-23(32)15-22)31(37)35(2)27-17-33-30-25(29(19)27)16-26(34-30)21-9-7-20(8-10-21)18-36-13-11-24(12-14-36)40(3,38)39/h4-10,15-17,24H,11-14,18H2,1-3H3,(H,33,34). The average Bonchev–Trinajstić information content (AvgIpc) is 3.36. The van der Waals surface area contributed by atoms with Gasteiger partial charge >= 0.3 is 0 Å². The van der Waals surface area contributed by atoms with Crippen LogP contribution in [0.2, 0.25) is 5.02 Å². The molecule has 3 aromatic heterocycles. The van der Waals surface area contributed by atoms with Crippen molar-refractivity contribution in [2.24, 2.45) is 7.05 Å². The number of nitrogens with zero attached hydrogens (tertiary/aromatic N) is 3. The molecule has 1 aliphatic rings. The normalized spacial score (nSPS) is 15.3. The highest BCUT2D eigenvalue weighted by Crippen LogP contribution is 2.34. The summed E-state index contributed by atoms with van der Waals surface area (Å²) in [5.74, 6) is 0. The summed E-state index contributed by atoms with van der Waals surface area (Å²) in [5.41, 5.74) is 6.98. The third-order valence-corrected chi connectivity index (χ3v) is 10.1. The number of hydrogen-bond donors (Lipinski definition) is 1. The van der Waals surface area contributed by atoms with Crippen molar-refractivity contribution in [2.45, 2.75) is 31.6 Å². The van der Waals surface area contributed by atoms with Gasteiger partial charge in [0.15, 0.2) is 0 Å². The Kier molecular flexibility index (Phi) is 6.81. The molecule has 0 amide bonds. The van der Waals surface area contributed by atoms with Gasteiger partial charge < -0.3 is 9.55 Å². The minimum absolute atomic E-state index is 0.0830. The molecule has 0 saturated carbocycles. The van der Waals surface area contributed by atoms with Crippen LogP contribution in [0, 0.1) is 6.92 Å². The van der Waals surface area contributed by atoms with Gasteiger partial charge in [0.1, 0.15) is 15.5 Å². The minimum Gasteiger partial charge on any atom is -0.339 e. The lowest BCUT2D eigenvalue weighted by atomic mass is 9.97. The number of pyridine rings is 2.